The van der Waals surface area contributed by atoms with Crippen molar-refractivity contribution in [3.63, 3.8) is 0 Å². The summed E-state index contributed by atoms with van der Waals surface area (Å²) in [5, 5.41) is 29.0. The van der Waals surface area contributed by atoms with E-state index in [1.165, 1.54) is 42.1 Å². The Bertz CT molecular complexity index is 2560. The van der Waals surface area contributed by atoms with E-state index < -0.39 is 40.8 Å². The molecule has 3 aromatic carbocycles. The first-order valence-electron chi connectivity index (χ1n) is 21.5. The molecule has 0 radical (unpaired) electrons. The molecule has 17 heteroatoms. The Kier molecular flexibility index (Phi) is 16.9. The number of hydrogen-bond acceptors (Lipinski definition) is 12. The van der Waals surface area contributed by atoms with E-state index in [9.17, 15) is 48.6 Å². The van der Waals surface area contributed by atoms with Gasteiger partial charge in [-0.3, -0.25) is 28.8 Å². The van der Waals surface area contributed by atoms with Gasteiger partial charge in [-0.1, -0.05) is 74.9 Å². The van der Waals surface area contributed by atoms with E-state index in [1.807, 2.05) is 6.07 Å². The number of rotatable bonds is 23. The molecule has 0 bridgehead atoms. The van der Waals surface area contributed by atoms with Crippen molar-refractivity contribution in [3.05, 3.63) is 112 Å². The number of imide groups is 1. The molecule has 1 aliphatic carbocycles. The van der Waals surface area contributed by atoms with Crippen molar-refractivity contribution >= 4 is 64.2 Å². The minimum Gasteiger partial charge on any atom is -0.508 e. The third kappa shape index (κ3) is 13.0. The number of phenolic OH excluding ortho intramolecular Hbond substituents is 1. The average Bonchev–Trinajstić information content (AvgIpc) is 3.61. The number of unbranched alkanes of at least 4 members (excludes halogenated alkanes) is 7. The Balaban J connectivity index is 0.845. The maximum absolute atomic E-state index is 13.1. The summed E-state index contributed by atoms with van der Waals surface area (Å²) in [7, 11) is 0. The van der Waals surface area contributed by atoms with Crippen LogP contribution in [-0.4, -0.2) is 82.1 Å². The number of fused-ring (bicyclic) bond motifs is 2. The lowest BCUT2D eigenvalue weighted by atomic mass is 9.90. The van der Waals surface area contributed by atoms with Crippen molar-refractivity contribution in [2.75, 3.05) is 25.4 Å². The maximum atomic E-state index is 13.1. The molecule has 340 valence electrons. The molecule has 1 fully saturated rings. The van der Waals surface area contributed by atoms with Gasteiger partial charge in [-0.2, -0.15) is 0 Å². The van der Waals surface area contributed by atoms with Crippen molar-refractivity contribution in [2.45, 2.75) is 75.9 Å². The minimum absolute atomic E-state index is 0.00320. The van der Waals surface area contributed by atoms with Crippen LogP contribution < -0.4 is 21.4 Å². The molecule has 2 heterocycles. The third-order valence-electron chi connectivity index (χ3n) is 10.7. The molecule has 0 spiro atoms. The van der Waals surface area contributed by atoms with Gasteiger partial charge in [0.2, 0.25) is 11.8 Å². The Hall–Kier alpha value is -7.01. The van der Waals surface area contributed by atoms with Crippen molar-refractivity contribution in [1.29, 1.82) is 0 Å². The van der Waals surface area contributed by atoms with Gasteiger partial charge >= 0.3 is 11.9 Å². The largest absolute Gasteiger partial charge is 0.508 e. The fourth-order valence-electron chi connectivity index (χ4n) is 7.41. The number of carboxylic acids is 1. The van der Waals surface area contributed by atoms with Crippen LogP contribution in [0.15, 0.2) is 94.1 Å². The number of nitrogens with one attached hydrogen (secondary N) is 3. The summed E-state index contributed by atoms with van der Waals surface area (Å²) in [5.41, 5.74) is 2.10. The predicted octanol–water partition coefficient (Wildman–Crippen LogP) is 6.52. The fourth-order valence-corrected chi connectivity index (χ4v) is 8.52. The molecule has 16 nitrogen and oxygen atoms in total. The second-order valence-corrected chi connectivity index (χ2v) is 16.7. The van der Waals surface area contributed by atoms with Crippen molar-refractivity contribution < 1.29 is 53.0 Å². The Morgan fingerprint density at radius 2 is 1.40 bits per heavy atom. The van der Waals surface area contributed by atoms with Crippen LogP contribution in [0.5, 0.6) is 5.75 Å². The van der Waals surface area contributed by atoms with Gasteiger partial charge in [-0.05, 0) is 60.4 Å². The van der Waals surface area contributed by atoms with Crippen LogP contribution in [0.3, 0.4) is 0 Å². The SMILES string of the molecule is O=C(CNC(=O)C(SCCC(=O)ON1C(=O)CCC1=O)c1ccccc1)NCCCCCCCCCCNC(=O)c1ccc(-c2c3ccc(=O)cc-3oc3cc(O)ccc23)c(C(=O)O)c1. The molecule has 6 rings (SSSR count). The molecule has 0 aromatic heterocycles. The van der Waals surface area contributed by atoms with Gasteiger partial charge in [-0.25, -0.2) is 9.59 Å². The van der Waals surface area contributed by atoms with Gasteiger partial charge in [0.15, 0.2) is 5.43 Å². The smallest absolute Gasteiger partial charge is 0.336 e. The average molecular weight is 907 g/mol. The van der Waals surface area contributed by atoms with E-state index in [-0.39, 0.29) is 71.1 Å². The number of benzene rings is 4. The first-order chi connectivity index (χ1) is 31.4. The van der Waals surface area contributed by atoms with Gasteiger partial charge in [0, 0.05) is 65.9 Å². The van der Waals surface area contributed by atoms with Gasteiger partial charge in [0.25, 0.3) is 17.7 Å². The molecule has 0 saturated carbocycles. The lowest BCUT2D eigenvalue weighted by molar-refractivity contribution is -0.197. The number of hydrogen-bond donors (Lipinski definition) is 5. The number of aromatic carboxylic acids is 1. The summed E-state index contributed by atoms with van der Waals surface area (Å²) in [4.78, 5) is 104. The van der Waals surface area contributed by atoms with E-state index in [1.54, 1.807) is 48.5 Å². The van der Waals surface area contributed by atoms with Crippen molar-refractivity contribution in [2.24, 2.45) is 0 Å². The first kappa shape index (κ1) is 47.5. The van der Waals surface area contributed by atoms with Crippen molar-refractivity contribution in [3.8, 4) is 28.2 Å². The molecule has 2 aliphatic heterocycles. The second kappa shape index (κ2) is 23.1. The first-order valence-corrected chi connectivity index (χ1v) is 22.6. The predicted molar refractivity (Wildman–Crippen MR) is 242 cm³/mol. The quantitative estimate of drug-likeness (QED) is 0.0267. The lowest BCUT2D eigenvalue weighted by Crippen LogP contribution is -2.39. The van der Waals surface area contributed by atoms with Crippen LogP contribution >= 0.6 is 11.8 Å². The Morgan fingerprint density at radius 3 is 2.09 bits per heavy atom. The summed E-state index contributed by atoms with van der Waals surface area (Å²) in [6, 6.07) is 22.1. The van der Waals surface area contributed by atoms with E-state index in [2.05, 4.69) is 16.0 Å². The zero-order valence-corrected chi connectivity index (χ0v) is 36.4. The van der Waals surface area contributed by atoms with E-state index in [0.717, 1.165) is 51.4 Å². The third-order valence-corrected chi connectivity index (χ3v) is 12.0. The van der Waals surface area contributed by atoms with E-state index in [0.29, 0.717) is 45.8 Å². The van der Waals surface area contributed by atoms with E-state index in [4.69, 9.17) is 9.25 Å². The second-order valence-electron chi connectivity index (χ2n) is 15.5. The maximum Gasteiger partial charge on any atom is 0.336 e. The van der Waals surface area contributed by atoms with Gasteiger partial charge in [0.1, 0.15) is 22.3 Å². The normalized spacial score (nSPS) is 12.9. The van der Waals surface area contributed by atoms with Gasteiger partial charge < -0.3 is 35.4 Å². The number of carbonyl (C=O) groups is 7. The molecule has 65 heavy (non-hydrogen) atoms. The highest BCUT2D eigenvalue weighted by Gasteiger charge is 2.33. The van der Waals surface area contributed by atoms with Crippen molar-refractivity contribution in [1.82, 2.24) is 21.0 Å². The summed E-state index contributed by atoms with van der Waals surface area (Å²) in [6.45, 7) is 0.686. The van der Waals surface area contributed by atoms with Crippen LogP contribution in [0.2, 0.25) is 0 Å². The fraction of sp³-hybridized carbons (Fsp3) is 0.333. The minimum atomic E-state index is -1.23. The number of amides is 5. The number of carboxylic acid groups (broad SMARTS) is 1. The van der Waals surface area contributed by atoms with Gasteiger partial charge in [-0.15, -0.1) is 16.8 Å². The molecule has 3 aliphatic rings. The van der Waals surface area contributed by atoms with Crippen LogP contribution in [-0.2, 0) is 28.8 Å². The summed E-state index contributed by atoms with van der Waals surface area (Å²) >= 11 is 1.18. The molecule has 1 saturated heterocycles. The highest BCUT2D eigenvalue weighted by atomic mass is 32.2. The summed E-state index contributed by atoms with van der Waals surface area (Å²) in [6.07, 6.45) is 7.22. The van der Waals surface area contributed by atoms with Crippen LogP contribution in [0.1, 0.15) is 102 Å². The standard InChI is InChI=1S/C48H50N4O12S/c53-32-15-18-35-38(27-32)63-39-28-33(54)16-19-36(39)44(35)34-17-14-31(26-37(34)48(61)62)46(59)50-24-11-6-4-2-1-3-5-10-23-49-40(55)29-51-47(60)45(30-12-8-7-9-13-30)65-25-22-43(58)64-52-41(56)20-21-42(52)57/h7-9,12-19,26-28,45,53H,1-6,10-11,20-25,29H2,(H,49,55)(H,50,59)(H,51,60)(H,61,62). The Labute approximate surface area is 378 Å². The molecular formula is C48H50N4O12S. The summed E-state index contributed by atoms with van der Waals surface area (Å²) in [5.74, 6) is -3.88. The van der Waals surface area contributed by atoms with Crippen LogP contribution in [0.25, 0.3) is 33.4 Å². The topological polar surface area (TPSA) is 239 Å². The number of thioether (sulfide) groups is 1. The molecule has 1 atom stereocenters. The number of nitrogens with zero attached hydrogens (tertiary/aromatic N) is 1. The highest BCUT2D eigenvalue weighted by Crippen LogP contribution is 2.42. The zero-order chi connectivity index (χ0) is 46.3. The van der Waals surface area contributed by atoms with E-state index >= 15 is 0 Å². The molecule has 1 unspecified atom stereocenters. The van der Waals surface area contributed by atoms with Crippen LogP contribution in [0, 0.1) is 0 Å². The number of hydroxylamine groups is 2. The van der Waals surface area contributed by atoms with Gasteiger partial charge in [0.05, 0.1) is 18.5 Å². The Morgan fingerprint density at radius 1 is 0.738 bits per heavy atom. The number of phenols is 1. The molecular weight excluding hydrogens is 857 g/mol. The molecule has 3 aromatic rings. The number of aromatic hydroxyl groups is 1. The molecule has 5 N–H and O–H groups in total. The van der Waals surface area contributed by atoms with Crippen LogP contribution in [0.4, 0.5) is 0 Å². The number of carbonyl (C=O) groups excluding carboxylic acids is 6. The highest BCUT2D eigenvalue weighted by molar-refractivity contribution is 8.00. The molecule has 5 amide bonds. The zero-order valence-electron chi connectivity index (χ0n) is 35.6. The monoisotopic (exact) mass is 906 g/mol. The summed E-state index contributed by atoms with van der Waals surface area (Å²) < 4.78 is 5.88. The lowest BCUT2D eigenvalue weighted by Gasteiger charge is -2.17.